The van der Waals surface area contributed by atoms with E-state index in [4.69, 9.17) is 0 Å². The van der Waals surface area contributed by atoms with Crippen molar-refractivity contribution in [3.63, 3.8) is 0 Å². The lowest BCUT2D eigenvalue weighted by Gasteiger charge is -2.30. The SMILES string of the molecule is FC(F)(F)CCN(CC1CCCCN1)C1CC1. The molecule has 0 radical (unpaired) electrons. The molecule has 1 atom stereocenters. The summed E-state index contributed by atoms with van der Waals surface area (Å²) in [5, 5.41) is 3.41. The van der Waals surface area contributed by atoms with Gasteiger partial charge in [-0.05, 0) is 32.2 Å². The number of hydrogen-bond acceptors (Lipinski definition) is 2. The van der Waals surface area contributed by atoms with Crippen LogP contribution in [0, 0.1) is 0 Å². The summed E-state index contributed by atoms with van der Waals surface area (Å²) in [7, 11) is 0. The molecule has 2 fully saturated rings. The van der Waals surface area contributed by atoms with Crippen molar-refractivity contribution < 1.29 is 13.2 Å². The molecule has 100 valence electrons. The van der Waals surface area contributed by atoms with Crippen LogP contribution >= 0.6 is 0 Å². The van der Waals surface area contributed by atoms with E-state index in [0.29, 0.717) is 12.1 Å². The molecule has 2 aliphatic rings. The molecule has 2 nitrogen and oxygen atoms in total. The molecule has 1 aliphatic carbocycles. The first-order valence-corrected chi connectivity index (χ1v) is 6.59. The number of hydrogen-bond donors (Lipinski definition) is 1. The molecule has 0 amide bonds. The number of nitrogens with zero attached hydrogens (tertiary/aromatic N) is 1. The smallest absolute Gasteiger partial charge is 0.313 e. The molecule has 1 heterocycles. The van der Waals surface area contributed by atoms with Gasteiger partial charge >= 0.3 is 6.18 Å². The molecule has 0 aromatic carbocycles. The highest BCUT2D eigenvalue weighted by atomic mass is 19.4. The molecule has 1 N–H and O–H groups in total. The molecule has 0 aromatic heterocycles. The topological polar surface area (TPSA) is 15.3 Å². The Balaban J connectivity index is 1.76. The van der Waals surface area contributed by atoms with Crippen molar-refractivity contribution in [2.75, 3.05) is 19.6 Å². The quantitative estimate of drug-likeness (QED) is 0.806. The second-order valence-corrected chi connectivity index (χ2v) is 5.24. The molecule has 0 bridgehead atoms. The lowest BCUT2D eigenvalue weighted by Crippen LogP contribution is -2.45. The fourth-order valence-corrected chi connectivity index (χ4v) is 2.50. The predicted molar refractivity (Wildman–Crippen MR) is 60.9 cm³/mol. The fourth-order valence-electron chi connectivity index (χ4n) is 2.50. The molecule has 5 heteroatoms. The number of piperidine rings is 1. The minimum Gasteiger partial charge on any atom is -0.313 e. The van der Waals surface area contributed by atoms with Gasteiger partial charge in [0, 0.05) is 25.2 Å². The monoisotopic (exact) mass is 250 g/mol. The number of alkyl halides is 3. The fraction of sp³-hybridized carbons (Fsp3) is 1.00. The number of halogens is 3. The third-order valence-electron chi connectivity index (χ3n) is 3.61. The van der Waals surface area contributed by atoms with Crippen LogP contribution < -0.4 is 5.32 Å². The Hall–Kier alpha value is -0.290. The summed E-state index contributed by atoms with van der Waals surface area (Å²) < 4.78 is 36.7. The Morgan fingerprint density at radius 1 is 1.12 bits per heavy atom. The molecule has 1 aliphatic heterocycles. The highest BCUT2D eigenvalue weighted by molar-refractivity contribution is 4.88. The first kappa shape index (κ1) is 13.1. The van der Waals surface area contributed by atoms with Gasteiger partial charge in [-0.25, -0.2) is 0 Å². The lowest BCUT2D eigenvalue weighted by atomic mass is 10.0. The number of rotatable bonds is 5. The normalized spacial score (nSPS) is 26.5. The summed E-state index contributed by atoms with van der Waals surface area (Å²) in [5.41, 5.74) is 0. The average Bonchev–Trinajstić information content (AvgIpc) is 3.08. The molecule has 0 spiro atoms. The van der Waals surface area contributed by atoms with Crippen molar-refractivity contribution >= 4 is 0 Å². The lowest BCUT2D eigenvalue weighted by molar-refractivity contribution is -0.138. The van der Waals surface area contributed by atoms with Crippen LogP contribution in [0.4, 0.5) is 13.2 Å². The van der Waals surface area contributed by atoms with E-state index in [9.17, 15) is 13.2 Å². The van der Waals surface area contributed by atoms with E-state index in [2.05, 4.69) is 5.32 Å². The van der Waals surface area contributed by atoms with Crippen molar-refractivity contribution in [1.29, 1.82) is 0 Å². The van der Waals surface area contributed by atoms with Crippen LogP contribution in [0.25, 0.3) is 0 Å². The van der Waals surface area contributed by atoms with Gasteiger partial charge in [-0.3, -0.25) is 4.90 Å². The minimum atomic E-state index is -4.02. The second-order valence-electron chi connectivity index (χ2n) is 5.24. The Labute approximate surface area is 101 Å². The molecular formula is C12H21F3N2. The maximum atomic E-state index is 12.2. The molecule has 1 saturated heterocycles. The third-order valence-corrected chi connectivity index (χ3v) is 3.61. The van der Waals surface area contributed by atoms with Gasteiger partial charge in [0.2, 0.25) is 0 Å². The van der Waals surface area contributed by atoms with Gasteiger partial charge in [0.25, 0.3) is 0 Å². The zero-order chi connectivity index (χ0) is 12.3. The van der Waals surface area contributed by atoms with E-state index >= 15 is 0 Å². The van der Waals surface area contributed by atoms with Crippen molar-refractivity contribution in [2.24, 2.45) is 0 Å². The highest BCUT2D eigenvalue weighted by Gasteiger charge is 2.34. The molecule has 1 saturated carbocycles. The summed E-state index contributed by atoms with van der Waals surface area (Å²) in [6, 6.07) is 0.818. The summed E-state index contributed by atoms with van der Waals surface area (Å²) in [4.78, 5) is 2.04. The maximum absolute atomic E-state index is 12.2. The summed E-state index contributed by atoms with van der Waals surface area (Å²) in [6.07, 6.45) is 0.964. The summed E-state index contributed by atoms with van der Waals surface area (Å²) in [6.45, 7) is 1.98. The van der Waals surface area contributed by atoms with Crippen LogP contribution in [-0.2, 0) is 0 Å². The van der Waals surface area contributed by atoms with Crippen LogP contribution in [-0.4, -0.2) is 42.8 Å². The Morgan fingerprint density at radius 3 is 2.41 bits per heavy atom. The van der Waals surface area contributed by atoms with Crippen molar-refractivity contribution in [2.45, 2.75) is 56.8 Å². The highest BCUT2D eigenvalue weighted by Crippen LogP contribution is 2.29. The zero-order valence-electron chi connectivity index (χ0n) is 10.1. The van der Waals surface area contributed by atoms with Gasteiger partial charge in [-0.1, -0.05) is 6.42 Å². The van der Waals surface area contributed by atoms with Crippen LogP contribution in [0.3, 0.4) is 0 Å². The molecule has 0 aromatic rings. The summed E-state index contributed by atoms with van der Waals surface area (Å²) in [5.74, 6) is 0. The maximum Gasteiger partial charge on any atom is 0.390 e. The van der Waals surface area contributed by atoms with Crippen molar-refractivity contribution in [3.8, 4) is 0 Å². The van der Waals surface area contributed by atoms with Crippen molar-refractivity contribution in [1.82, 2.24) is 10.2 Å². The standard InChI is InChI=1S/C12H21F3N2/c13-12(14,15)6-8-17(11-4-5-11)9-10-3-1-2-7-16-10/h10-11,16H,1-9H2. The summed E-state index contributed by atoms with van der Waals surface area (Å²) >= 11 is 0. The largest absolute Gasteiger partial charge is 0.390 e. The van der Waals surface area contributed by atoms with Crippen LogP contribution in [0.5, 0.6) is 0 Å². The van der Waals surface area contributed by atoms with Crippen LogP contribution in [0.1, 0.15) is 38.5 Å². The van der Waals surface area contributed by atoms with E-state index < -0.39 is 12.6 Å². The van der Waals surface area contributed by atoms with Gasteiger partial charge in [-0.15, -0.1) is 0 Å². The van der Waals surface area contributed by atoms with Crippen molar-refractivity contribution in [3.05, 3.63) is 0 Å². The number of nitrogens with one attached hydrogen (secondary N) is 1. The molecule has 17 heavy (non-hydrogen) atoms. The van der Waals surface area contributed by atoms with E-state index in [1.807, 2.05) is 4.90 Å². The Morgan fingerprint density at radius 2 is 1.88 bits per heavy atom. The van der Waals surface area contributed by atoms with Gasteiger partial charge in [0.15, 0.2) is 0 Å². The van der Waals surface area contributed by atoms with E-state index in [1.54, 1.807) is 0 Å². The van der Waals surface area contributed by atoms with Gasteiger partial charge in [0.1, 0.15) is 0 Å². The van der Waals surface area contributed by atoms with E-state index in [0.717, 1.165) is 32.4 Å². The first-order valence-electron chi connectivity index (χ1n) is 6.59. The Bertz CT molecular complexity index is 232. The third kappa shape index (κ3) is 4.84. The average molecular weight is 250 g/mol. The zero-order valence-corrected chi connectivity index (χ0v) is 10.1. The second kappa shape index (κ2) is 5.57. The van der Waals surface area contributed by atoms with Gasteiger partial charge < -0.3 is 5.32 Å². The van der Waals surface area contributed by atoms with E-state index in [1.165, 1.54) is 12.8 Å². The molecule has 2 rings (SSSR count). The Kier molecular flexibility index (Phi) is 4.31. The van der Waals surface area contributed by atoms with Crippen LogP contribution in [0.2, 0.25) is 0 Å². The predicted octanol–water partition coefficient (Wildman–Crippen LogP) is 2.55. The minimum absolute atomic E-state index is 0.173. The van der Waals surface area contributed by atoms with Crippen LogP contribution in [0.15, 0.2) is 0 Å². The first-order chi connectivity index (χ1) is 8.04. The molecule has 1 unspecified atom stereocenters. The van der Waals surface area contributed by atoms with E-state index in [-0.39, 0.29) is 6.54 Å². The molecular weight excluding hydrogens is 229 g/mol. The van der Waals surface area contributed by atoms with Gasteiger partial charge in [-0.2, -0.15) is 13.2 Å². The van der Waals surface area contributed by atoms with Gasteiger partial charge in [0.05, 0.1) is 6.42 Å².